The highest BCUT2D eigenvalue weighted by Crippen LogP contribution is 2.19. The van der Waals surface area contributed by atoms with Crippen LogP contribution in [0.4, 0.5) is 4.79 Å². The van der Waals surface area contributed by atoms with Gasteiger partial charge in [-0.2, -0.15) is 0 Å². The van der Waals surface area contributed by atoms with Crippen molar-refractivity contribution in [1.82, 2.24) is 14.3 Å². The van der Waals surface area contributed by atoms with Crippen LogP contribution in [0.2, 0.25) is 0 Å². The van der Waals surface area contributed by atoms with E-state index in [1.165, 1.54) is 10.9 Å². The number of rotatable bonds is 3. The van der Waals surface area contributed by atoms with Crippen molar-refractivity contribution < 1.29 is 14.1 Å². The summed E-state index contributed by atoms with van der Waals surface area (Å²) >= 11 is -1.20. The Balaban J connectivity index is 2.73. The summed E-state index contributed by atoms with van der Waals surface area (Å²) < 4.78 is 21.2. The molecule has 7 heteroatoms. The summed E-state index contributed by atoms with van der Waals surface area (Å²) in [6.07, 6.45) is 2.51. The highest BCUT2D eigenvalue weighted by Gasteiger charge is 2.29. The molecule has 0 aliphatic carbocycles. The van der Waals surface area contributed by atoms with Crippen LogP contribution in [0.15, 0.2) is 12.5 Å². The van der Waals surface area contributed by atoms with Gasteiger partial charge in [-0.15, -0.1) is 4.72 Å². The monoisotopic (exact) mass is 315 g/mol. The van der Waals surface area contributed by atoms with Crippen molar-refractivity contribution in [3.05, 3.63) is 18.2 Å². The third-order valence-corrected chi connectivity index (χ3v) is 4.17. The Labute approximate surface area is 129 Å². The van der Waals surface area contributed by atoms with Gasteiger partial charge in [0, 0.05) is 17.6 Å². The first-order valence-corrected chi connectivity index (χ1v) is 8.00. The van der Waals surface area contributed by atoms with Crippen LogP contribution in [0, 0.1) is 0 Å². The number of hydrogen-bond donors (Lipinski definition) is 1. The van der Waals surface area contributed by atoms with E-state index in [9.17, 15) is 9.35 Å². The van der Waals surface area contributed by atoms with Crippen LogP contribution in [-0.2, 0) is 16.1 Å². The molecule has 0 amide bonds. The number of aromatic nitrogens is 2. The van der Waals surface area contributed by atoms with Crippen LogP contribution in [-0.4, -0.2) is 30.5 Å². The predicted octanol–water partition coefficient (Wildman–Crippen LogP) is 2.78. The fraction of sp³-hybridized carbons (Fsp3) is 0.714. The van der Waals surface area contributed by atoms with Crippen LogP contribution >= 0.6 is 0 Å². The van der Waals surface area contributed by atoms with Gasteiger partial charge in [-0.3, -0.25) is 0 Å². The van der Waals surface area contributed by atoms with Gasteiger partial charge in [0.2, 0.25) is 0 Å². The van der Waals surface area contributed by atoms with Gasteiger partial charge >= 0.3 is 6.09 Å². The zero-order valence-corrected chi connectivity index (χ0v) is 14.6. The highest BCUT2D eigenvalue weighted by atomic mass is 32.2. The van der Waals surface area contributed by atoms with Crippen molar-refractivity contribution in [3.8, 4) is 0 Å². The average Bonchev–Trinajstić information content (AvgIpc) is 2.74. The number of ether oxygens (including phenoxy) is 1. The van der Waals surface area contributed by atoms with Gasteiger partial charge in [-0.25, -0.2) is 14.3 Å². The molecule has 0 saturated carbocycles. The van der Waals surface area contributed by atoms with Crippen LogP contribution in [0.5, 0.6) is 0 Å². The lowest BCUT2D eigenvalue weighted by Crippen LogP contribution is -2.40. The molecule has 120 valence electrons. The predicted molar refractivity (Wildman–Crippen MR) is 83.3 cm³/mol. The maximum atomic E-state index is 12.1. The van der Waals surface area contributed by atoms with Crippen molar-refractivity contribution >= 4 is 17.5 Å². The minimum Gasteiger partial charge on any atom is -0.598 e. The van der Waals surface area contributed by atoms with Gasteiger partial charge in [-0.05, 0) is 48.5 Å². The Morgan fingerprint density at radius 2 is 1.95 bits per heavy atom. The molecule has 1 rings (SSSR count). The summed E-state index contributed by atoms with van der Waals surface area (Å²) in [6.45, 7) is 12.9. The molecule has 0 spiro atoms. The SMILES string of the molecule is C[C@H](N[S+]([O-])C(C)(C)C)c1cn(C(=O)OC(C)(C)C)cn1. The van der Waals surface area contributed by atoms with E-state index >= 15 is 0 Å². The first kappa shape index (κ1) is 18.0. The van der Waals surface area contributed by atoms with Gasteiger partial charge in [0.05, 0.1) is 11.7 Å². The number of nitrogens with one attached hydrogen (secondary N) is 1. The first-order chi connectivity index (χ1) is 9.40. The second-order valence-electron chi connectivity index (χ2n) is 6.91. The Morgan fingerprint density at radius 1 is 1.38 bits per heavy atom. The van der Waals surface area contributed by atoms with E-state index in [1.807, 2.05) is 27.7 Å². The van der Waals surface area contributed by atoms with Gasteiger partial charge in [0.1, 0.15) is 16.7 Å². The third kappa shape index (κ3) is 5.68. The van der Waals surface area contributed by atoms with Crippen LogP contribution in [0.1, 0.15) is 60.2 Å². The molecule has 21 heavy (non-hydrogen) atoms. The van der Waals surface area contributed by atoms with Crippen molar-refractivity contribution in [1.29, 1.82) is 0 Å². The maximum absolute atomic E-state index is 12.1. The smallest absolute Gasteiger partial charge is 0.419 e. The first-order valence-electron chi connectivity index (χ1n) is 6.85. The van der Waals surface area contributed by atoms with E-state index in [2.05, 4.69) is 9.71 Å². The molecule has 1 heterocycles. The standard InChI is InChI=1S/C14H25N3O3S/c1-10(16-21(19)14(5,6)7)11-8-17(9-15-11)12(18)20-13(2,3)4/h8-10,16H,1-7H3/t10-,21?/m0/s1. The molecular weight excluding hydrogens is 290 g/mol. The number of imidazole rings is 1. The summed E-state index contributed by atoms with van der Waals surface area (Å²) in [5, 5.41) is 0. The van der Waals surface area contributed by atoms with Crippen molar-refractivity contribution in [2.24, 2.45) is 0 Å². The summed E-state index contributed by atoms with van der Waals surface area (Å²) in [6, 6.07) is -0.228. The topological polar surface area (TPSA) is 79.2 Å². The largest absolute Gasteiger partial charge is 0.598 e. The fourth-order valence-corrected chi connectivity index (χ4v) is 2.17. The van der Waals surface area contributed by atoms with Gasteiger partial charge in [0.25, 0.3) is 0 Å². The summed E-state index contributed by atoms with van der Waals surface area (Å²) in [5.41, 5.74) is 0.0810. The molecule has 0 radical (unpaired) electrons. The lowest BCUT2D eigenvalue weighted by Gasteiger charge is -2.25. The molecule has 6 nitrogen and oxygen atoms in total. The Hall–Kier alpha value is -1.05. The van der Waals surface area contributed by atoms with E-state index in [1.54, 1.807) is 27.0 Å². The molecule has 0 aromatic carbocycles. The van der Waals surface area contributed by atoms with E-state index in [4.69, 9.17) is 4.74 Å². The maximum Gasteiger partial charge on any atom is 0.419 e. The quantitative estimate of drug-likeness (QED) is 0.868. The number of carbonyl (C=O) groups excluding carboxylic acids is 1. The highest BCUT2D eigenvalue weighted by molar-refractivity contribution is 7.90. The second-order valence-corrected chi connectivity index (χ2v) is 8.90. The average molecular weight is 315 g/mol. The van der Waals surface area contributed by atoms with Crippen LogP contribution in [0.3, 0.4) is 0 Å². The number of nitrogens with zero attached hydrogens (tertiary/aromatic N) is 2. The summed E-state index contributed by atoms with van der Waals surface area (Å²) in [4.78, 5) is 16.1. The van der Waals surface area contributed by atoms with Gasteiger partial charge < -0.3 is 9.29 Å². The second kappa shape index (κ2) is 6.37. The molecule has 0 aliphatic heterocycles. The zero-order valence-electron chi connectivity index (χ0n) is 13.8. The third-order valence-electron chi connectivity index (χ3n) is 2.49. The van der Waals surface area contributed by atoms with E-state index in [-0.39, 0.29) is 10.8 Å². The van der Waals surface area contributed by atoms with Gasteiger partial charge in [0.15, 0.2) is 0 Å². The van der Waals surface area contributed by atoms with Crippen molar-refractivity contribution in [3.63, 3.8) is 0 Å². The molecular formula is C14H25N3O3S. The molecule has 0 fully saturated rings. The van der Waals surface area contributed by atoms with E-state index in [0.29, 0.717) is 5.69 Å². The molecule has 0 aliphatic rings. The number of carbonyl (C=O) groups is 1. The lowest BCUT2D eigenvalue weighted by molar-refractivity contribution is 0.0536. The van der Waals surface area contributed by atoms with Crippen molar-refractivity contribution in [2.45, 2.75) is 64.9 Å². The van der Waals surface area contributed by atoms with E-state index in [0.717, 1.165) is 0 Å². The Kier molecular flexibility index (Phi) is 5.46. The van der Waals surface area contributed by atoms with E-state index < -0.39 is 23.1 Å². The minimum absolute atomic E-state index is 0.228. The van der Waals surface area contributed by atoms with Crippen LogP contribution < -0.4 is 4.72 Å². The van der Waals surface area contributed by atoms with Gasteiger partial charge in [-0.1, -0.05) is 0 Å². The lowest BCUT2D eigenvalue weighted by atomic mass is 10.2. The molecule has 1 unspecified atom stereocenters. The van der Waals surface area contributed by atoms with Crippen LogP contribution in [0.25, 0.3) is 0 Å². The summed E-state index contributed by atoms with van der Waals surface area (Å²) in [7, 11) is 0. The number of hydrogen-bond acceptors (Lipinski definition) is 5. The molecule has 1 N–H and O–H groups in total. The molecule has 1 aromatic heterocycles. The summed E-state index contributed by atoms with van der Waals surface area (Å²) in [5.74, 6) is 0. The normalized spacial score (nSPS) is 15.6. The Bertz CT molecular complexity index is 488. The van der Waals surface area contributed by atoms with Crippen molar-refractivity contribution in [2.75, 3.05) is 0 Å². The molecule has 0 bridgehead atoms. The molecule has 2 atom stereocenters. The minimum atomic E-state index is -1.20. The Morgan fingerprint density at radius 3 is 2.43 bits per heavy atom. The fourth-order valence-electron chi connectivity index (χ4n) is 1.37. The molecule has 0 saturated heterocycles. The zero-order chi connectivity index (χ0) is 16.4. The molecule has 1 aromatic rings.